The number of likely N-dealkylation sites (tertiary alicyclic amines) is 1. The van der Waals surface area contributed by atoms with Crippen molar-refractivity contribution in [3.05, 3.63) is 90.0 Å². The van der Waals surface area contributed by atoms with Crippen molar-refractivity contribution in [1.82, 2.24) is 9.21 Å². The van der Waals surface area contributed by atoms with E-state index < -0.39 is 16.1 Å². The average Bonchev–Trinajstić information content (AvgIpc) is 3.62. The summed E-state index contributed by atoms with van der Waals surface area (Å²) in [5.41, 5.74) is 8.20. The molecule has 252 valence electrons. The second-order valence-electron chi connectivity index (χ2n) is 13.3. The lowest BCUT2D eigenvalue weighted by Gasteiger charge is -2.41. The number of nitrogens with two attached hydrogens (primary N) is 1. The summed E-state index contributed by atoms with van der Waals surface area (Å²) in [5.74, 6) is 1.29. The van der Waals surface area contributed by atoms with Gasteiger partial charge in [0.05, 0.1) is 11.0 Å². The van der Waals surface area contributed by atoms with Crippen LogP contribution in [0.5, 0.6) is 11.5 Å². The van der Waals surface area contributed by atoms with Crippen LogP contribution >= 0.6 is 11.6 Å². The standard InChI is InChI=1S/C38H42ClN3O5S/c39-30-11-5-26(6-12-30)27-7-13-33(14-8-27)47-35-19-22-42(37(25-35)38(43)41-20-17-31(40)18-21-41)48(44,45)36-16-10-28-23-34(15-9-29(28)24-36)46-32-3-1-2-4-32/h5-16,23-24,31-32,35,37H,1-4,17-22,25,40H2/t35-,37-/m0/s1. The van der Waals surface area contributed by atoms with E-state index in [4.69, 9.17) is 26.8 Å². The van der Waals surface area contributed by atoms with Crippen LogP contribution in [0.25, 0.3) is 21.9 Å². The fraction of sp³-hybridized carbons (Fsp3) is 0.395. The van der Waals surface area contributed by atoms with Crippen LogP contribution in [-0.4, -0.2) is 67.5 Å². The molecule has 7 rings (SSSR count). The van der Waals surface area contributed by atoms with Crippen molar-refractivity contribution in [2.75, 3.05) is 19.6 Å². The molecule has 2 saturated heterocycles. The van der Waals surface area contributed by atoms with Gasteiger partial charge in [-0.3, -0.25) is 4.79 Å². The third-order valence-corrected chi connectivity index (χ3v) is 12.1. The highest BCUT2D eigenvalue weighted by atomic mass is 35.5. The summed E-state index contributed by atoms with van der Waals surface area (Å²) in [6, 6.07) is 25.6. The topological polar surface area (TPSA) is 102 Å². The number of sulfonamides is 1. The molecule has 0 aromatic heterocycles. The maximum atomic E-state index is 14.3. The summed E-state index contributed by atoms with van der Waals surface area (Å²) in [5, 5.41) is 2.40. The number of hydrogen-bond acceptors (Lipinski definition) is 6. The van der Waals surface area contributed by atoms with E-state index in [2.05, 4.69) is 0 Å². The molecule has 2 aliphatic heterocycles. The van der Waals surface area contributed by atoms with Gasteiger partial charge in [0.15, 0.2) is 0 Å². The summed E-state index contributed by atoms with van der Waals surface area (Å²) in [6.45, 7) is 1.21. The molecular weight excluding hydrogens is 646 g/mol. The molecule has 3 fully saturated rings. The van der Waals surface area contributed by atoms with Crippen molar-refractivity contribution >= 4 is 38.3 Å². The van der Waals surface area contributed by atoms with Crippen LogP contribution in [0.1, 0.15) is 51.4 Å². The summed E-state index contributed by atoms with van der Waals surface area (Å²) >= 11 is 6.05. The molecule has 2 atom stereocenters. The molecule has 0 bridgehead atoms. The number of hydrogen-bond donors (Lipinski definition) is 1. The molecule has 2 N–H and O–H groups in total. The van der Waals surface area contributed by atoms with Gasteiger partial charge in [-0.2, -0.15) is 4.31 Å². The van der Waals surface area contributed by atoms with E-state index in [0.717, 1.165) is 40.5 Å². The molecule has 3 aliphatic rings. The van der Waals surface area contributed by atoms with Gasteiger partial charge in [-0.25, -0.2) is 8.42 Å². The zero-order valence-electron chi connectivity index (χ0n) is 27.0. The van der Waals surface area contributed by atoms with Gasteiger partial charge in [0.25, 0.3) is 0 Å². The fourth-order valence-corrected chi connectivity index (χ4v) is 8.96. The number of benzene rings is 4. The lowest BCUT2D eigenvalue weighted by Crippen LogP contribution is -2.57. The van der Waals surface area contributed by atoms with Crippen LogP contribution in [0.2, 0.25) is 5.02 Å². The average molecular weight is 688 g/mol. The molecule has 10 heteroatoms. The lowest BCUT2D eigenvalue weighted by atomic mass is 9.98. The van der Waals surface area contributed by atoms with E-state index in [1.807, 2.05) is 72.8 Å². The summed E-state index contributed by atoms with van der Waals surface area (Å²) in [6.07, 6.45) is 6.55. The first-order valence-electron chi connectivity index (χ1n) is 17.0. The summed E-state index contributed by atoms with van der Waals surface area (Å²) in [4.78, 5) is 16.0. The third-order valence-electron chi connectivity index (χ3n) is 9.97. The Morgan fingerprint density at radius 1 is 0.708 bits per heavy atom. The third kappa shape index (κ3) is 7.20. The molecule has 4 aromatic rings. The monoisotopic (exact) mass is 687 g/mol. The first kappa shape index (κ1) is 32.9. The van der Waals surface area contributed by atoms with Gasteiger partial charge in [-0.05, 0) is 115 Å². The van der Waals surface area contributed by atoms with E-state index in [9.17, 15) is 13.2 Å². The number of ether oxygens (including phenoxy) is 2. The number of carbonyl (C=O) groups is 1. The molecule has 1 saturated carbocycles. The minimum Gasteiger partial charge on any atom is -0.490 e. The highest BCUT2D eigenvalue weighted by Crippen LogP contribution is 2.33. The van der Waals surface area contributed by atoms with E-state index in [0.29, 0.717) is 43.1 Å². The Bertz CT molecular complexity index is 1850. The number of amides is 1. The van der Waals surface area contributed by atoms with E-state index >= 15 is 0 Å². The van der Waals surface area contributed by atoms with Gasteiger partial charge in [0.1, 0.15) is 23.6 Å². The molecule has 0 radical (unpaired) electrons. The van der Waals surface area contributed by atoms with Gasteiger partial charge in [-0.1, -0.05) is 48.0 Å². The van der Waals surface area contributed by atoms with Crippen LogP contribution in [0.4, 0.5) is 0 Å². The number of nitrogens with zero attached hydrogens (tertiary/aromatic N) is 2. The fourth-order valence-electron chi connectivity index (χ4n) is 7.19. The Morgan fingerprint density at radius 3 is 2.02 bits per heavy atom. The number of fused-ring (bicyclic) bond motifs is 1. The molecule has 0 spiro atoms. The van der Waals surface area contributed by atoms with Crippen LogP contribution in [-0.2, 0) is 14.8 Å². The normalized spacial score (nSPS) is 21.4. The number of carbonyl (C=O) groups excluding carboxylic acids is 1. The maximum absolute atomic E-state index is 14.3. The van der Waals surface area contributed by atoms with E-state index in [-0.39, 0.29) is 42.0 Å². The highest BCUT2D eigenvalue weighted by Gasteiger charge is 2.43. The molecule has 4 aromatic carbocycles. The molecule has 0 unspecified atom stereocenters. The zero-order valence-corrected chi connectivity index (χ0v) is 28.5. The largest absolute Gasteiger partial charge is 0.490 e. The minimum atomic E-state index is -4.00. The molecule has 8 nitrogen and oxygen atoms in total. The van der Waals surface area contributed by atoms with Crippen molar-refractivity contribution in [3.63, 3.8) is 0 Å². The number of halogens is 1. The Morgan fingerprint density at radius 2 is 1.31 bits per heavy atom. The maximum Gasteiger partial charge on any atom is 0.243 e. The van der Waals surface area contributed by atoms with Crippen molar-refractivity contribution in [1.29, 1.82) is 0 Å². The van der Waals surface area contributed by atoms with Crippen molar-refractivity contribution in [3.8, 4) is 22.6 Å². The van der Waals surface area contributed by atoms with Crippen LogP contribution in [0.15, 0.2) is 89.8 Å². The van der Waals surface area contributed by atoms with Crippen molar-refractivity contribution in [2.45, 2.75) is 80.6 Å². The molecule has 1 amide bonds. The van der Waals surface area contributed by atoms with Crippen LogP contribution in [0, 0.1) is 0 Å². The lowest BCUT2D eigenvalue weighted by molar-refractivity contribution is -0.138. The molecule has 2 heterocycles. The quantitative estimate of drug-likeness (QED) is 0.213. The van der Waals surface area contributed by atoms with Gasteiger partial charge in [-0.15, -0.1) is 0 Å². The smallest absolute Gasteiger partial charge is 0.243 e. The van der Waals surface area contributed by atoms with Crippen LogP contribution in [0.3, 0.4) is 0 Å². The first-order valence-corrected chi connectivity index (χ1v) is 18.8. The highest BCUT2D eigenvalue weighted by molar-refractivity contribution is 7.89. The second-order valence-corrected chi connectivity index (χ2v) is 15.6. The predicted octanol–water partition coefficient (Wildman–Crippen LogP) is 7.03. The summed E-state index contributed by atoms with van der Waals surface area (Å²) < 4.78 is 42.5. The Labute approximate surface area is 287 Å². The molecule has 1 aliphatic carbocycles. The van der Waals surface area contributed by atoms with Crippen LogP contribution < -0.4 is 15.2 Å². The van der Waals surface area contributed by atoms with Crippen molar-refractivity contribution in [2.24, 2.45) is 5.73 Å². The Hall–Kier alpha value is -3.63. The second kappa shape index (κ2) is 14.1. The first-order chi connectivity index (χ1) is 23.2. The van der Waals surface area contributed by atoms with Gasteiger partial charge >= 0.3 is 0 Å². The number of rotatable bonds is 8. The van der Waals surface area contributed by atoms with E-state index in [1.165, 1.54) is 17.1 Å². The predicted molar refractivity (Wildman–Crippen MR) is 189 cm³/mol. The molecule has 48 heavy (non-hydrogen) atoms. The SMILES string of the molecule is NC1CCN(C(=O)[C@@H]2C[C@@H](Oc3ccc(-c4ccc(Cl)cc4)cc3)CCN2S(=O)(=O)c2ccc3cc(OC4CCCC4)ccc3c2)CC1. The van der Waals surface area contributed by atoms with Gasteiger partial charge in [0.2, 0.25) is 15.9 Å². The number of piperidine rings is 2. The van der Waals surface area contributed by atoms with Gasteiger partial charge < -0.3 is 20.1 Å². The summed E-state index contributed by atoms with van der Waals surface area (Å²) in [7, 11) is -4.00. The minimum absolute atomic E-state index is 0.0499. The van der Waals surface area contributed by atoms with Crippen molar-refractivity contribution < 1.29 is 22.7 Å². The molecular formula is C38H42ClN3O5S. The zero-order chi connectivity index (χ0) is 33.3. The van der Waals surface area contributed by atoms with E-state index in [1.54, 1.807) is 17.0 Å². The Kier molecular flexibility index (Phi) is 9.65. The Balaban J connectivity index is 1.11. The van der Waals surface area contributed by atoms with Gasteiger partial charge in [0, 0.05) is 37.1 Å².